The highest BCUT2D eigenvalue weighted by Gasteiger charge is 2.19. The smallest absolute Gasteiger partial charge is 0.306 e. The lowest BCUT2D eigenvalue weighted by atomic mass is 10.0. The van der Waals surface area contributed by atoms with Gasteiger partial charge in [-0.1, -0.05) is 272 Å². The molecule has 0 fully saturated rings. The molecular weight excluding hydrogens is 757 g/mol. The molecule has 0 aromatic rings. The lowest BCUT2D eigenvalue weighted by molar-refractivity contribution is -0.167. The van der Waals surface area contributed by atoms with Crippen molar-refractivity contribution in [1.29, 1.82) is 0 Å². The highest BCUT2D eigenvalue weighted by Crippen LogP contribution is 2.17. The highest BCUT2D eigenvalue weighted by molar-refractivity contribution is 5.71. The van der Waals surface area contributed by atoms with Gasteiger partial charge in [-0.2, -0.15) is 0 Å². The van der Waals surface area contributed by atoms with E-state index in [4.69, 9.17) is 14.2 Å². The molecule has 0 heterocycles. The Morgan fingerprint density at radius 3 is 0.803 bits per heavy atom. The van der Waals surface area contributed by atoms with E-state index in [0.29, 0.717) is 19.3 Å². The molecule has 0 unspecified atom stereocenters. The van der Waals surface area contributed by atoms with E-state index in [1.54, 1.807) is 0 Å². The van der Waals surface area contributed by atoms with Gasteiger partial charge < -0.3 is 14.2 Å². The molecule has 0 aliphatic rings. The molecule has 0 aliphatic carbocycles. The predicted octanol–water partition coefficient (Wildman–Crippen LogP) is 17.8. The maximum absolute atomic E-state index is 12.8. The van der Waals surface area contributed by atoms with Gasteiger partial charge in [-0.25, -0.2) is 0 Å². The van der Waals surface area contributed by atoms with Crippen LogP contribution in [0, 0.1) is 5.92 Å². The van der Waals surface area contributed by atoms with Crippen molar-refractivity contribution in [2.45, 2.75) is 316 Å². The first-order valence-corrected chi connectivity index (χ1v) is 27.4. The van der Waals surface area contributed by atoms with Gasteiger partial charge >= 0.3 is 17.9 Å². The monoisotopic (exact) mass is 863 g/mol. The normalized spacial score (nSPS) is 12.0. The van der Waals surface area contributed by atoms with E-state index in [2.05, 4.69) is 27.7 Å². The van der Waals surface area contributed by atoms with E-state index in [-0.39, 0.29) is 31.1 Å². The number of esters is 3. The zero-order chi connectivity index (χ0) is 44.5. The standard InChI is InChI=1S/C55H106O6/c1-5-7-9-11-13-15-17-22-27-31-35-39-43-47-54(57)60-50-52(49-59-53(56)46-42-38-34-30-26-18-16-14-12-10-8-6-2)61-55(58)48-44-40-36-32-28-24-21-19-20-23-25-29-33-37-41-45-51(3)4/h51-52H,5-50H2,1-4H3/t52-/m0/s1. The summed E-state index contributed by atoms with van der Waals surface area (Å²) in [7, 11) is 0. The molecule has 6 nitrogen and oxygen atoms in total. The maximum atomic E-state index is 12.8. The van der Waals surface area contributed by atoms with Crippen LogP contribution in [0.5, 0.6) is 0 Å². The third kappa shape index (κ3) is 49.3. The van der Waals surface area contributed by atoms with Crippen LogP contribution in [0.2, 0.25) is 0 Å². The van der Waals surface area contributed by atoms with Gasteiger partial charge in [0.1, 0.15) is 13.2 Å². The van der Waals surface area contributed by atoms with E-state index >= 15 is 0 Å². The number of hydrogen-bond acceptors (Lipinski definition) is 6. The molecule has 0 bridgehead atoms. The van der Waals surface area contributed by atoms with Gasteiger partial charge in [0, 0.05) is 19.3 Å². The topological polar surface area (TPSA) is 78.9 Å². The van der Waals surface area contributed by atoms with Gasteiger partial charge in [0.05, 0.1) is 0 Å². The maximum Gasteiger partial charge on any atom is 0.306 e. The summed E-state index contributed by atoms with van der Waals surface area (Å²) in [6.07, 6.45) is 52.3. The minimum absolute atomic E-state index is 0.0622. The Morgan fingerprint density at radius 2 is 0.541 bits per heavy atom. The van der Waals surface area contributed by atoms with Crippen molar-refractivity contribution in [3.8, 4) is 0 Å². The summed E-state index contributed by atoms with van der Waals surface area (Å²) >= 11 is 0. The summed E-state index contributed by atoms with van der Waals surface area (Å²) in [5.74, 6) is 0.00848. The van der Waals surface area contributed by atoms with Crippen molar-refractivity contribution >= 4 is 17.9 Å². The molecular formula is C55H106O6. The third-order valence-electron chi connectivity index (χ3n) is 12.5. The van der Waals surface area contributed by atoms with Gasteiger partial charge in [0.2, 0.25) is 0 Å². The molecule has 6 heteroatoms. The summed E-state index contributed by atoms with van der Waals surface area (Å²) in [5.41, 5.74) is 0. The Labute approximate surface area is 380 Å². The lowest BCUT2D eigenvalue weighted by Gasteiger charge is -2.18. The highest BCUT2D eigenvalue weighted by atomic mass is 16.6. The lowest BCUT2D eigenvalue weighted by Crippen LogP contribution is -2.30. The fourth-order valence-corrected chi connectivity index (χ4v) is 8.39. The number of carbonyl (C=O) groups is 3. The van der Waals surface area contributed by atoms with Crippen molar-refractivity contribution in [2.75, 3.05) is 13.2 Å². The quantitative estimate of drug-likeness (QED) is 0.0344. The first kappa shape index (κ1) is 59.4. The van der Waals surface area contributed by atoms with E-state index in [1.807, 2.05) is 0 Å². The van der Waals surface area contributed by atoms with E-state index in [1.165, 1.54) is 205 Å². The fraction of sp³-hybridized carbons (Fsp3) is 0.945. The van der Waals surface area contributed by atoms with Crippen LogP contribution in [0.25, 0.3) is 0 Å². The van der Waals surface area contributed by atoms with Crippen molar-refractivity contribution in [2.24, 2.45) is 5.92 Å². The summed E-state index contributed by atoms with van der Waals surface area (Å²) in [5, 5.41) is 0. The Bertz CT molecular complexity index is 918. The van der Waals surface area contributed by atoms with Crippen LogP contribution in [-0.2, 0) is 28.6 Å². The number of ether oxygens (including phenoxy) is 3. The van der Waals surface area contributed by atoms with Crippen LogP contribution in [0.15, 0.2) is 0 Å². The molecule has 0 saturated carbocycles. The van der Waals surface area contributed by atoms with Gasteiger partial charge in [-0.3, -0.25) is 14.4 Å². The van der Waals surface area contributed by atoms with Gasteiger partial charge in [0.25, 0.3) is 0 Å². The number of rotatable bonds is 50. The summed E-state index contributed by atoms with van der Waals surface area (Å²) in [6, 6.07) is 0. The SMILES string of the molecule is CCCCCCCCCCCCCCCC(=O)OC[C@H](COC(=O)CCCCCCCCCCCCCC)OC(=O)CCCCCCCCCCCCCCCCCC(C)C. The molecule has 61 heavy (non-hydrogen) atoms. The fourth-order valence-electron chi connectivity index (χ4n) is 8.39. The second-order valence-corrected chi connectivity index (χ2v) is 19.3. The zero-order valence-electron chi connectivity index (χ0n) is 41.6. The van der Waals surface area contributed by atoms with Crippen LogP contribution in [0.4, 0.5) is 0 Å². The molecule has 0 N–H and O–H groups in total. The number of hydrogen-bond donors (Lipinski definition) is 0. The van der Waals surface area contributed by atoms with Gasteiger partial charge in [0.15, 0.2) is 6.10 Å². The van der Waals surface area contributed by atoms with Crippen LogP contribution in [-0.4, -0.2) is 37.2 Å². The Kier molecular flexibility index (Phi) is 48.1. The van der Waals surface area contributed by atoms with E-state index < -0.39 is 6.10 Å². The van der Waals surface area contributed by atoms with Crippen LogP contribution < -0.4 is 0 Å². The zero-order valence-corrected chi connectivity index (χ0v) is 41.6. The van der Waals surface area contributed by atoms with Gasteiger partial charge in [-0.15, -0.1) is 0 Å². The molecule has 0 amide bonds. The number of carbonyl (C=O) groups excluding carboxylic acids is 3. The van der Waals surface area contributed by atoms with Crippen molar-refractivity contribution in [3.63, 3.8) is 0 Å². The second kappa shape index (κ2) is 49.4. The van der Waals surface area contributed by atoms with Crippen molar-refractivity contribution in [3.05, 3.63) is 0 Å². The average molecular weight is 863 g/mol. The molecule has 0 radical (unpaired) electrons. The second-order valence-electron chi connectivity index (χ2n) is 19.3. The predicted molar refractivity (Wildman–Crippen MR) is 261 cm³/mol. The van der Waals surface area contributed by atoms with Gasteiger partial charge in [-0.05, 0) is 25.2 Å². The molecule has 362 valence electrons. The molecule has 0 rings (SSSR count). The minimum atomic E-state index is -0.760. The van der Waals surface area contributed by atoms with Crippen LogP contribution in [0.3, 0.4) is 0 Å². The molecule has 0 saturated heterocycles. The summed E-state index contributed by atoms with van der Waals surface area (Å²) in [6.45, 7) is 9.05. The van der Waals surface area contributed by atoms with Crippen LogP contribution >= 0.6 is 0 Å². The van der Waals surface area contributed by atoms with Crippen LogP contribution in [0.1, 0.15) is 310 Å². The molecule has 0 aromatic heterocycles. The Hall–Kier alpha value is -1.59. The minimum Gasteiger partial charge on any atom is -0.462 e. The first-order valence-electron chi connectivity index (χ1n) is 27.4. The molecule has 0 aliphatic heterocycles. The molecule has 0 spiro atoms. The first-order chi connectivity index (χ1) is 29.9. The average Bonchev–Trinajstić information content (AvgIpc) is 3.24. The Morgan fingerprint density at radius 1 is 0.311 bits per heavy atom. The van der Waals surface area contributed by atoms with E-state index in [9.17, 15) is 14.4 Å². The Balaban J connectivity index is 4.28. The van der Waals surface area contributed by atoms with Crippen molar-refractivity contribution < 1.29 is 28.6 Å². The number of unbranched alkanes of at least 4 members (excludes halogenated alkanes) is 37. The van der Waals surface area contributed by atoms with Crippen molar-refractivity contribution in [1.82, 2.24) is 0 Å². The molecule has 0 aromatic carbocycles. The summed E-state index contributed by atoms with van der Waals surface area (Å²) < 4.78 is 16.8. The largest absolute Gasteiger partial charge is 0.462 e. The third-order valence-corrected chi connectivity index (χ3v) is 12.5. The van der Waals surface area contributed by atoms with E-state index in [0.717, 1.165) is 63.7 Å². The summed E-state index contributed by atoms with van der Waals surface area (Å²) in [4.78, 5) is 38.0. The molecule has 1 atom stereocenters.